The Labute approximate surface area is 121 Å². The smallest absolute Gasteiger partial charge is 0.309 e. The maximum Gasteiger partial charge on any atom is 0.309 e. The zero-order valence-electron chi connectivity index (χ0n) is 12.1. The third kappa shape index (κ3) is 4.51. The van der Waals surface area contributed by atoms with Crippen LogP contribution in [0, 0.1) is 10.1 Å². The highest BCUT2D eigenvalue weighted by Gasteiger charge is 2.19. The minimum absolute atomic E-state index is 0.0450. The molecule has 0 saturated carbocycles. The number of methoxy groups -OCH3 is 2. The molecule has 0 aromatic heterocycles. The number of carbonyl (C=O) groups is 1. The van der Waals surface area contributed by atoms with Crippen LogP contribution in [0.4, 0.5) is 5.69 Å². The van der Waals surface area contributed by atoms with Crippen LogP contribution in [-0.4, -0.2) is 38.3 Å². The van der Waals surface area contributed by atoms with Crippen molar-refractivity contribution < 1.29 is 28.7 Å². The van der Waals surface area contributed by atoms with E-state index < -0.39 is 10.9 Å². The Kier molecular flexibility index (Phi) is 6.25. The zero-order chi connectivity index (χ0) is 15.8. The monoisotopic (exact) mass is 299 g/mol. The van der Waals surface area contributed by atoms with Gasteiger partial charge in [-0.3, -0.25) is 14.9 Å². The molecule has 0 aliphatic carbocycles. The van der Waals surface area contributed by atoms with Crippen molar-refractivity contribution >= 4 is 11.7 Å². The number of rotatable bonds is 8. The zero-order valence-corrected chi connectivity index (χ0v) is 12.1. The summed E-state index contributed by atoms with van der Waals surface area (Å²) in [5.41, 5.74) is -0.179. The fourth-order valence-electron chi connectivity index (χ4n) is 1.58. The van der Waals surface area contributed by atoms with Crippen molar-refractivity contribution in [3.63, 3.8) is 0 Å². The predicted molar refractivity (Wildman–Crippen MR) is 72.9 cm³/mol. The van der Waals surface area contributed by atoms with E-state index in [0.717, 1.165) is 0 Å². The van der Waals surface area contributed by atoms with Gasteiger partial charge in [-0.15, -0.1) is 0 Å². The Morgan fingerprint density at radius 2 is 1.81 bits per heavy atom. The largest absolute Gasteiger partial charge is 0.492 e. The van der Waals surface area contributed by atoms with Crippen molar-refractivity contribution in [2.75, 3.05) is 27.4 Å². The molecule has 0 radical (unpaired) electrons. The molecule has 0 atom stereocenters. The Bertz CT molecular complexity index is 490. The second kappa shape index (κ2) is 7.93. The fraction of sp³-hybridized carbons (Fsp3) is 0.462. The number of non-ortho nitro benzene ring substituents is 1. The highest BCUT2D eigenvalue weighted by Crippen LogP contribution is 2.40. The van der Waals surface area contributed by atoms with E-state index in [2.05, 4.69) is 0 Å². The van der Waals surface area contributed by atoms with Crippen LogP contribution in [-0.2, 0) is 9.53 Å². The van der Waals surface area contributed by atoms with Crippen LogP contribution in [0.2, 0.25) is 0 Å². The molecule has 0 unspecified atom stereocenters. The molecular weight excluding hydrogens is 282 g/mol. The second-order valence-electron chi connectivity index (χ2n) is 3.84. The van der Waals surface area contributed by atoms with Crippen LogP contribution in [0.15, 0.2) is 12.1 Å². The SMILES string of the molecule is CCOC(=O)CCOc1c(OC)cc([N+](=O)[O-])cc1OC. The average molecular weight is 299 g/mol. The standard InChI is InChI=1S/C13H17NO7/c1-4-20-12(15)5-6-21-13-10(18-2)7-9(14(16)17)8-11(13)19-3/h7-8H,4-6H2,1-3H3. The lowest BCUT2D eigenvalue weighted by molar-refractivity contribution is -0.385. The Hall–Kier alpha value is -2.51. The molecule has 1 rings (SSSR count). The van der Waals surface area contributed by atoms with Crippen LogP contribution in [0.5, 0.6) is 17.2 Å². The van der Waals surface area contributed by atoms with Crippen LogP contribution in [0.25, 0.3) is 0 Å². The first kappa shape index (κ1) is 16.5. The summed E-state index contributed by atoms with van der Waals surface area (Å²) in [4.78, 5) is 21.5. The lowest BCUT2D eigenvalue weighted by Gasteiger charge is -2.13. The van der Waals surface area contributed by atoms with E-state index in [1.807, 2.05) is 0 Å². The molecule has 21 heavy (non-hydrogen) atoms. The van der Waals surface area contributed by atoms with E-state index in [9.17, 15) is 14.9 Å². The molecule has 8 nitrogen and oxygen atoms in total. The Morgan fingerprint density at radius 3 is 2.24 bits per heavy atom. The summed E-state index contributed by atoms with van der Waals surface area (Å²) in [7, 11) is 2.72. The molecule has 0 aliphatic rings. The van der Waals surface area contributed by atoms with Crippen LogP contribution in [0.1, 0.15) is 13.3 Å². The Morgan fingerprint density at radius 1 is 1.24 bits per heavy atom. The molecule has 0 bridgehead atoms. The number of benzene rings is 1. The molecule has 8 heteroatoms. The topological polar surface area (TPSA) is 97.1 Å². The minimum Gasteiger partial charge on any atom is -0.492 e. The van der Waals surface area contributed by atoms with Crippen molar-refractivity contribution in [2.45, 2.75) is 13.3 Å². The maximum atomic E-state index is 11.2. The van der Waals surface area contributed by atoms with Gasteiger partial charge in [0, 0.05) is 0 Å². The summed E-state index contributed by atoms with van der Waals surface area (Å²) in [5, 5.41) is 10.8. The minimum atomic E-state index is -0.562. The maximum absolute atomic E-state index is 11.2. The van der Waals surface area contributed by atoms with Gasteiger partial charge < -0.3 is 18.9 Å². The summed E-state index contributed by atoms with van der Waals surface area (Å²) in [6.45, 7) is 2.05. The van der Waals surface area contributed by atoms with Gasteiger partial charge in [0.2, 0.25) is 5.75 Å². The Balaban J connectivity index is 2.89. The lowest BCUT2D eigenvalue weighted by Crippen LogP contribution is -2.10. The van der Waals surface area contributed by atoms with E-state index in [0.29, 0.717) is 6.61 Å². The molecule has 0 fully saturated rings. The van der Waals surface area contributed by atoms with Gasteiger partial charge in [-0.25, -0.2) is 0 Å². The first-order chi connectivity index (χ1) is 10.0. The van der Waals surface area contributed by atoms with Gasteiger partial charge in [-0.05, 0) is 6.92 Å². The molecule has 0 heterocycles. The van der Waals surface area contributed by atoms with E-state index in [4.69, 9.17) is 18.9 Å². The number of nitro groups is 1. The third-order valence-electron chi connectivity index (χ3n) is 2.51. The number of ether oxygens (including phenoxy) is 4. The number of esters is 1. The van der Waals surface area contributed by atoms with Gasteiger partial charge in [0.15, 0.2) is 11.5 Å². The number of hydrogen-bond donors (Lipinski definition) is 0. The van der Waals surface area contributed by atoms with Gasteiger partial charge in [-0.2, -0.15) is 0 Å². The van der Waals surface area contributed by atoms with Crippen LogP contribution in [0.3, 0.4) is 0 Å². The summed E-state index contributed by atoms with van der Waals surface area (Å²) in [5.74, 6) is 0.127. The van der Waals surface area contributed by atoms with E-state index >= 15 is 0 Å². The number of hydrogen-bond acceptors (Lipinski definition) is 7. The molecule has 0 N–H and O–H groups in total. The molecule has 0 spiro atoms. The first-order valence-electron chi connectivity index (χ1n) is 6.22. The molecule has 0 saturated heterocycles. The number of nitrogens with zero attached hydrogens (tertiary/aromatic N) is 1. The molecule has 1 aromatic carbocycles. The van der Waals surface area contributed by atoms with E-state index in [1.165, 1.54) is 26.4 Å². The van der Waals surface area contributed by atoms with Crippen molar-refractivity contribution in [3.05, 3.63) is 22.2 Å². The van der Waals surface area contributed by atoms with E-state index in [1.54, 1.807) is 6.92 Å². The number of carbonyl (C=O) groups excluding carboxylic acids is 1. The van der Waals surface area contributed by atoms with Crippen molar-refractivity contribution in [2.24, 2.45) is 0 Å². The second-order valence-corrected chi connectivity index (χ2v) is 3.84. The highest BCUT2D eigenvalue weighted by atomic mass is 16.6. The van der Waals surface area contributed by atoms with Crippen molar-refractivity contribution in [3.8, 4) is 17.2 Å². The molecule has 1 aromatic rings. The van der Waals surface area contributed by atoms with Gasteiger partial charge in [0.1, 0.15) is 0 Å². The predicted octanol–water partition coefficient (Wildman–Crippen LogP) is 1.94. The fourth-order valence-corrected chi connectivity index (χ4v) is 1.58. The summed E-state index contributed by atoms with van der Waals surface area (Å²) >= 11 is 0. The highest BCUT2D eigenvalue weighted by molar-refractivity contribution is 5.69. The molecule has 0 aliphatic heterocycles. The quantitative estimate of drug-likeness (QED) is 0.411. The number of nitro benzene ring substituents is 1. The van der Waals surface area contributed by atoms with Gasteiger partial charge in [0.25, 0.3) is 5.69 Å². The van der Waals surface area contributed by atoms with Gasteiger partial charge in [-0.1, -0.05) is 0 Å². The van der Waals surface area contributed by atoms with Crippen molar-refractivity contribution in [1.29, 1.82) is 0 Å². The van der Waals surface area contributed by atoms with Gasteiger partial charge >= 0.3 is 5.97 Å². The van der Waals surface area contributed by atoms with Gasteiger partial charge in [0.05, 0.1) is 50.9 Å². The summed E-state index contributed by atoms with van der Waals surface area (Å²) in [6, 6.07) is 2.45. The normalized spacial score (nSPS) is 9.86. The average Bonchev–Trinajstić information content (AvgIpc) is 2.47. The van der Waals surface area contributed by atoms with Crippen molar-refractivity contribution in [1.82, 2.24) is 0 Å². The molecule has 0 amide bonds. The van der Waals surface area contributed by atoms with Crippen LogP contribution >= 0.6 is 0 Å². The molecular formula is C13H17NO7. The summed E-state index contributed by atoms with van der Waals surface area (Å²) < 4.78 is 20.3. The first-order valence-corrected chi connectivity index (χ1v) is 6.22. The third-order valence-corrected chi connectivity index (χ3v) is 2.51. The summed E-state index contributed by atoms with van der Waals surface area (Å²) in [6.07, 6.45) is 0.0527. The lowest BCUT2D eigenvalue weighted by atomic mass is 10.2. The van der Waals surface area contributed by atoms with Crippen LogP contribution < -0.4 is 14.2 Å². The van der Waals surface area contributed by atoms with E-state index in [-0.39, 0.29) is 36.0 Å². The molecule has 116 valence electrons.